The minimum absolute atomic E-state index is 0.0599. The highest BCUT2D eigenvalue weighted by Gasteiger charge is 2.27. The van der Waals surface area contributed by atoms with Gasteiger partial charge < -0.3 is 24.3 Å². The van der Waals surface area contributed by atoms with Gasteiger partial charge in [0.2, 0.25) is 0 Å². The van der Waals surface area contributed by atoms with Gasteiger partial charge in [0.15, 0.2) is 11.5 Å². The summed E-state index contributed by atoms with van der Waals surface area (Å²) in [6.07, 6.45) is 0.892. The molecule has 2 atom stereocenters. The summed E-state index contributed by atoms with van der Waals surface area (Å²) in [4.78, 5) is 0. The molecule has 130 valence electrons. The topological polar surface area (TPSA) is 63.9 Å². The molecular weight excluding hydrogens is 306 g/mol. The third-order valence-corrected chi connectivity index (χ3v) is 4.30. The molecule has 2 unspecified atom stereocenters. The average molecular weight is 331 g/mol. The lowest BCUT2D eigenvalue weighted by Crippen LogP contribution is -2.36. The highest BCUT2D eigenvalue weighted by molar-refractivity contribution is 5.44. The molecule has 0 fully saturated rings. The molecule has 1 aromatic carbocycles. The van der Waals surface area contributed by atoms with Crippen LogP contribution in [-0.4, -0.2) is 24.9 Å². The summed E-state index contributed by atoms with van der Waals surface area (Å²) in [6.45, 7) is 7.42. The van der Waals surface area contributed by atoms with E-state index in [9.17, 15) is 5.11 Å². The molecule has 0 radical (unpaired) electrons. The Hall–Kier alpha value is -1.98. The van der Waals surface area contributed by atoms with E-state index in [2.05, 4.69) is 12.2 Å². The first-order chi connectivity index (χ1) is 11.5. The van der Waals surface area contributed by atoms with Crippen molar-refractivity contribution in [2.75, 3.05) is 19.8 Å². The predicted octanol–water partition coefficient (Wildman–Crippen LogP) is 3.31. The number of nitrogens with one attached hydrogen (secondary N) is 1. The van der Waals surface area contributed by atoms with Gasteiger partial charge in [-0.15, -0.1) is 0 Å². The smallest absolute Gasteiger partial charge is 0.161 e. The third kappa shape index (κ3) is 3.74. The molecule has 0 aliphatic carbocycles. The number of ether oxygens (including phenoxy) is 2. The quantitative estimate of drug-likeness (QED) is 0.880. The lowest BCUT2D eigenvalue weighted by Gasteiger charge is -2.24. The van der Waals surface area contributed by atoms with Crippen LogP contribution in [0.1, 0.15) is 43.4 Å². The summed E-state index contributed by atoms with van der Waals surface area (Å²) in [5, 5.41) is 14.0. The fourth-order valence-corrected chi connectivity index (χ4v) is 2.73. The summed E-state index contributed by atoms with van der Waals surface area (Å²) in [5.41, 5.74) is 0.0269. The molecule has 5 heteroatoms. The van der Waals surface area contributed by atoms with Crippen LogP contribution >= 0.6 is 0 Å². The minimum Gasteiger partial charge on any atom is -0.490 e. The predicted molar refractivity (Wildman–Crippen MR) is 91.5 cm³/mol. The van der Waals surface area contributed by atoms with Crippen molar-refractivity contribution in [1.82, 2.24) is 5.32 Å². The molecule has 5 nitrogen and oxygen atoms in total. The second-order valence-electron chi connectivity index (χ2n) is 6.54. The van der Waals surface area contributed by atoms with Gasteiger partial charge in [-0.05, 0) is 50.6 Å². The Morgan fingerprint density at radius 3 is 2.62 bits per heavy atom. The standard InChI is InChI=1S/C19H25NO4/c1-13-5-8-18(24-13)19(3,21)12-20-14(2)15-6-7-16-17(11-15)23-10-4-9-22-16/h5-8,11,14,20-21H,4,9-10,12H2,1-3H3. The molecule has 0 bridgehead atoms. The zero-order valence-electron chi connectivity index (χ0n) is 14.5. The molecule has 3 rings (SSSR count). The second-order valence-corrected chi connectivity index (χ2v) is 6.54. The van der Waals surface area contributed by atoms with Crippen LogP contribution in [0.5, 0.6) is 11.5 Å². The van der Waals surface area contributed by atoms with E-state index in [4.69, 9.17) is 13.9 Å². The number of benzene rings is 1. The van der Waals surface area contributed by atoms with Crippen molar-refractivity contribution in [2.45, 2.75) is 38.8 Å². The van der Waals surface area contributed by atoms with E-state index in [0.29, 0.717) is 25.5 Å². The first kappa shape index (κ1) is 16.9. The van der Waals surface area contributed by atoms with Crippen LogP contribution in [0.25, 0.3) is 0 Å². The number of aliphatic hydroxyl groups is 1. The Morgan fingerprint density at radius 2 is 1.92 bits per heavy atom. The van der Waals surface area contributed by atoms with Gasteiger partial charge in [-0.25, -0.2) is 0 Å². The molecule has 0 saturated heterocycles. The maximum absolute atomic E-state index is 10.6. The van der Waals surface area contributed by atoms with Crippen molar-refractivity contribution in [2.24, 2.45) is 0 Å². The zero-order valence-corrected chi connectivity index (χ0v) is 14.5. The maximum Gasteiger partial charge on any atom is 0.161 e. The second kappa shape index (κ2) is 6.87. The highest BCUT2D eigenvalue weighted by Crippen LogP contribution is 2.32. The Bertz CT molecular complexity index is 692. The molecule has 2 heterocycles. The van der Waals surface area contributed by atoms with Gasteiger partial charge in [-0.3, -0.25) is 0 Å². The van der Waals surface area contributed by atoms with Crippen LogP contribution < -0.4 is 14.8 Å². The molecule has 1 aromatic heterocycles. The van der Waals surface area contributed by atoms with E-state index in [0.717, 1.165) is 29.2 Å². The zero-order chi connectivity index (χ0) is 17.2. The number of rotatable bonds is 5. The van der Waals surface area contributed by atoms with E-state index in [1.54, 1.807) is 6.92 Å². The normalized spacial score (nSPS) is 17.8. The fourth-order valence-electron chi connectivity index (χ4n) is 2.73. The molecule has 0 spiro atoms. The average Bonchev–Trinajstić information content (AvgIpc) is 2.87. The van der Waals surface area contributed by atoms with Crippen molar-refractivity contribution < 1.29 is 19.0 Å². The maximum atomic E-state index is 10.6. The van der Waals surface area contributed by atoms with Crippen molar-refractivity contribution in [1.29, 1.82) is 0 Å². The largest absolute Gasteiger partial charge is 0.490 e. The van der Waals surface area contributed by atoms with Gasteiger partial charge in [0.05, 0.1) is 13.2 Å². The van der Waals surface area contributed by atoms with Gasteiger partial charge in [-0.1, -0.05) is 6.07 Å². The Morgan fingerprint density at radius 1 is 1.17 bits per heavy atom. The van der Waals surface area contributed by atoms with E-state index >= 15 is 0 Å². The lowest BCUT2D eigenvalue weighted by molar-refractivity contribution is 0.0313. The van der Waals surface area contributed by atoms with Gasteiger partial charge in [0.25, 0.3) is 0 Å². The number of hydrogen-bond acceptors (Lipinski definition) is 5. The summed E-state index contributed by atoms with van der Waals surface area (Å²) in [7, 11) is 0. The van der Waals surface area contributed by atoms with Crippen molar-refractivity contribution in [3.05, 3.63) is 47.4 Å². The van der Waals surface area contributed by atoms with Crippen LogP contribution in [0.3, 0.4) is 0 Å². The summed E-state index contributed by atoms with van der Waals surface area (Å²) < 4.78 is 16.9. The summed E-state index contributed by atoms with van der Waals surface area (Å²) in [5.74, 6) is 2.94. The highest BCUT2D eigenvalue weighted by atomic mass is 16.5. The van der Waals surface area contributed by atoms with E-state index in [-0.39, 0.29) is 6.04 Å². The molecule has 2 aromatic rings. The fraction of sp³-hybridized carbons (Fsp3) is 0.474. The molecule has 1 aliphatic rings. The molecular formula is C19H25NO4. The van der Waals surface area contributed by atoms with Crippen molar-refractivity contribution in [3.63, 3.8) is 0 Å². The van der Waals surface area contributed by atoms with Crippen LogP contribution in [0, 0.1) is 6.92 Å². The van der Waals surface area contributed by atoms with Gasteiger partial charge >= 0.3 is 0 Å². The van der Waals surface area contributed by atoms with E-state index in [1.807, 2.05) is 37.3 Å². The van der Waals surface area contributed by atoms with E-state index < -0.39 is 5.60 Å². The Labute approximate surface area is 142 Å². The van der Waals surface area contributed by atoms with Gasteiger partial charge in [0.1, 0.15) is 17.1 Å². The minimum atomic E-state index is -1.06. The third-order valence-electron chi connectivity index (χ3n) is 4.30. The van der Waals surface area contributed by atoms with Crippen LogP contribution in [0.15, 0.2) is 34.7 Å². The van der Waals surface area contributed by atoms with Gasteiger partial charge in [-0.2, -0.15) is 0 Å². The van der Waals surface area contributed by atoms with Gasteiger partial charge in [0, 0.05) is 19.0 Å². The van der Waals surface area contributed by atoms with Crippen LogP contribution in [0.2, 0.25) is 0 Å². The molecule has 2 N–H and O–H groups in total. The van der Waals surface area contributed by atoms with Crippen LogP contribution in [0.4, 0.5) is 0 Å². The molecule has 1 aliphatic heterocycles. The Balaban J connectivity index is 1.66. The number of aryl methyl sites for hydroxylation is 1. The summed E-state index contributed by atoms with van der Waals surface area (Å²) in [6, 6.07) is 9.71. The SMILES string of the molecule is Cc1ccc(C(C)(O)CNC(C)c2ccc3c(c2)OCCCO3)o1. The number of furan rings is 1. The first-order valence-corrected chi connectivity index (χ1v) is 8.38. The summed E-state index contributed by atoms with van der Waals surface area (Å²) >= 11 is 0. The van der Waals surface area contributed by atoms with Crippen LogP contribution in [-0.2, 0) is 5.60 Å². The lowest BCUT2D eigenvalue weighted by atomic mass is 10.0. The number of hydrogen-bond donors (Lipinski definition) is 2. The van der Waals surface area contributed by atoms with Crippen molar-refractivity contribution >= 4 is 0 Å². The monoisotopic (exact) mass is 331 g/mol. The molecule has 24 heavy (non-hydrogen) atoms. The molecule has 0 amide bonds. The Kier molecular flexibility index (Phi) is 4.83. The number of fused-ring (bicyclic) bond motifs is 1. The van der Waals surface area contributed by atoms with Crippen molar-refractivity contribution in [3.8, 4) is 11.5 Å². The first-order valence-electron chi connectivity index (χ1n) is 8.38. The molecule has 0 saturated carbocycles. The van der Waals surface area contributed by atoms with E-state index in [1.165, 1.54) is 0 Å².